The summed E-state index contributed by atoms with van der Waals surface area (Å²) in [4.78, 5) is 17.7. The minimum atomic E-state index is -0.0145. The number of rotatable bonds is 7. The average molecular weight is 425 g/mol. The lowest BCUT2D eigenvalue weighted by Gasteiger charge is -2.28. The van der Waals surface area contributed by atoms with Gasteiger partial charge in [-0.2, -0.15) is 5.10 Å². The Morgan fingerprint density at radius 2 is 2.00 bits per heavy atom. The molecule has 1 aliphatic carbocycles. The first kappa shape index (κ1) is 21.9. The van der Waals surface area contributed by atoms with Crippen LogP contribution in [-0.4, -0.2) is 51.7 Å². The Labute approximate surface area is 186 Å². The van der Waals surface area contributed by atoms with E-state index in [-0.39, 0.29) is 11.3 Å². The maximum absolute atomic E-state index is 13.2. The summed E-state index contributed by atoms with van der Waals surface area (Å²) in [5, 5.41) is 5.08. The van der Waals surface area contributed by atoms with Gasteiger partial charge in [0.1, 0.15) is 11.4 Å². The summed E-state index contributed by atoms with van der Waals surface area (Å²) in [6, 6.07) is 8.42. The van der Waals surface area contributed by atoms with Crippen molar-refractivity contribution in [3.63, 3.8) is 0 Å². The van der Waals surface area contributed by atoms with Crippen molar-refractivity contribution in [2.75, 3.05) is 20.2 Å². The number of para-hydroxylation sites is 2. The highest BCUT2D eigenvalue weighted by Gasteiger charge is 2.36. The van der Waals surface area contributed by atoms with E-state index in [4.69, 9.17) is 9.84 Å². The highest BCUT2D eigenvalue weighted by molar-refractivity contribution is 5.77. The quantitative estimate of drug-likeness (QED) is 0.669. The minimum absolute atomic E-state index is 0.0145. The van der Waals surface area contributed by atoms with Crippen molar-refractivity contribution in [2.24, 2.45) is 5.41 Å². The number of ether oxygens (including phenoxy) is 1. The van der Waals surface area contributed by atoms with Gasteiger partial charge in [0, 0.05) is 37.5 Å². The van der Waals surface area contributed by atoms with Crippen LogP contribution in [0, 0.1) is 5.41 Å². The number of methoxy groups -OCH3 is 1. The van der Waals surface area contributed by atoms with E-state index in [1.54, 1.807) is 7.11 Å². The van der Waals surface area contributed by atoms with Crippen LogP contribution in [0.4, 0.5) is 0 Å². The molecule has 2 aromatic rings. The van der Waals surface area contributed by atoms with Gasteiger partial charge in [0.25, 0.3) is 0 Å². The van der Waals surface area contributed by atoms with E-state index < -0.39 is 0 Å². The molecule has 0 spiro atoms. The number of benzene rings is 1. The van der Waals surface area contributed by atoms with Crippen molar-refractivity contribution in [2.45, 2.75) is 72.5 Å². The van der Waals surface area contributed by atoms with E-state index in [0.29, 0.717) is 19.0 Å². The Balaban J connectivity index is 1.71. The Morgan fingerprint density at radius 3 is 2.65 bits per heavy atom. The van der Waals surface area contributed by atoms with Gasteiger partial charge in [-0.1, -0.05) is 39.8 Å². The highest BCUT2D eigenvalue weighted by Crippen LogP contribution is 2.34. The normalized spacial score (nSPS) is 16.8. The van der Waals surface area contributed by atoms with E-state index in [9.17, 15) is 4.79 Å². The second-order valence-electron chi connectivity index (χ2n) is 10.1. The molecule has 1 amide bonds. The predicted octanol–water partition coefficient (Wildman–Crippen LogP) is 4.19. The van der Waals surface area contributed by atoms with E-state index in [1.807, 2.05) is 18.2 Å². The molecule has 0 unspecified atom stereocenters. The second-order valence-corrected chi connectivity index (χ2v) is 10.1. The standard InChI is InChI=1S/C25H36N4O2/c1-6-27-14-13-21-19(16-27)20(26-29(21)22-9-7-8-10-23(22)31-5)17-28(18-11-12-18)24(30)15-25(2,3)4/h7-10,18H,6,11-17H2,1-5H3. The van der Waals surface area contributed by atoms with Crippen LogP contribution in [-0.2, 0) is 24.3 Å². The maximum atomic E-state index is 13.2. The van der Waals surface area contributed by atoms with Gasteiger partial charge in [-0.25, -0.2) is 4.68 Å². The molecule has 0 radical (unpaired) electrons. The summed E-state index contributed by atoms with van der Waals surface area (Å²) in [6.45, 7) is 12.1. The zero-order valence-corrected chi connectivity index (χ0v) is 19.6. The van der Waals surface area contributed by atoms with Gasteiger partial charge >= 0.3 is 0 Å². The Morgan fingerprint density at radius 1 is 1.26 bits per heavy atom. The molecule has 6 heteroatoms. The first-order valence-electron chi connectivity index (χ1n) is 11.6. The van der Waals surface area contributed by atoms with E-state index in [2.05, 4.69) is 48.2 Å². The zero-order chi connectivity index (χ0) is 22.2. The summed E-state index contributed by atoms with van der Waals surface area (Å²) in [5.74, 6) is 1.07. The third-order valence-electron chi connectivity index (χ3n) is 6.29. The first-order chi connectivity index (χ1) is 14.8. The lowest BCUT2D eigenvalue weighted by atomic mass is 9.91. The molecule has 1 saturated carbocycles. The third-order valence-corrected chi connectivity index (χ3v) is 6.29. The van der Waals surface area contributed by atoms with Crippen LogP contribution in [0.3, 0.4) is 0 Å². The van der Waals surface area contributed by atoms with E-state index in [0.717, 1.165) is 56.0 Å². The molecule has 0 saturated heterocycles. The van der Waals surface area contributed by atoms with Crippen LogP contribution in [0.1, 0.15) is 63.9 Å². The fourth-order valence-electron chi connectivity index (χ4n) is 4.47. The van der Waals surface area contributed by atoms with Gasteiger partial charge in [-0.3, -0.25) is 9.69 Å². The van der Waals surface area contributed by atoms with Crippen LogP contribution in [0.25, 0.3) is 5.69 Å². The van der Waals surface area contributed by atoms with Gasteiger partial charge in [-0.05, 0) is 36.9 Å². The predicted molar refractivity (Wildman–Crippen MR) is 122 cm³/mol. The topological polar surface area (TPSA) is 50.6 Å². The smallest absolute Gasteiger partial charge is 0.223 e. The van der Waals surface area contributed by atoms with Crippen LogP contribution in [0.15, 0.2) is 24.3 Å². The Hall–Kier alpha value is -2.34. The van der Waals surface area contributed by atoms with Crippen LogP contribution >= 0.6 is 0 Å². The van der Waals surface area contributed by atoms with E-state index in [1.165, 1.54) is 11.3 Å². The molecule has 1 aromatic heterocycles. The Kier molecular flexibility index (Phi) is 6.11. The lowest BCUT2D eigenvalue weighted by Crippen LogP contribution is -2.36. The van der Waals surface area contributed by atoms with Crippen molar-refractivity contribution in [3.8, 4) is 11.4 Å². The summed E-state index contributed by atoms with van der Waals surface area (Å²) >= 11 is 0. The number of carbonyl (C=O) groups is 1. The van der Waals surface area contributed by atoms with Gasteiger partial charge in [-0.15, -0.1) is 0 Å². The number of hydrogen-bond donors (Lipinski definition) is 0. The molecule has 4 rings (SSSR count). The molecule has 1 aromatic carbocycles. The SMILES string of the molecule is CCN1CCc2c(c(CN(C(=O)CC(C)(C)C)C3CC3)nn2-c2ccccc2OC)C1. The molecule has 2 heterocycles. The second kappa shape index (κ2) is 8.65. The highest BCUT2D eigenvalue weighted by atomic mass is 16.5. The molecule has 1 aliphatic heterocycles. The van der Waals surface area contributed by atoms with E-state index >= 15 is 0 Å². The number of likely N-dealkylation sites (N-methyl/N-ethyl adjacent to an activating group) is 1. The van der Waals surface area contributed by atoms with Crippen molar-refractivity contribution < 1.29 is 9.53 Å². The zero-order valence-electron chi connectivity index (χ0n) is 19.6. The first-order valence-corrected chi connectivity index (χ1v) is 11.6. The third kappa shape index (κ3) is 4.79. The maximum Gasteiger partial charge on any atom is 0.223 e. The minimum Gasteiger partial charge on any atom is -0.494 e. The molecule has 168 valence electrons. The van der Waals surface area contributed by atoms with Gasteiger partial charge in [0.2, 0.25) is 5.91 Å². The fraction of sp³-hybridized carbons (Fsp3) is 0.600. The summed E-state index contributed by atoms with van der Waals surface area (Å²) in [7, 11) is 1.70. The molecule has 0 bridgehead atoms. The summed E-state index contributed by atoms with van der Waals surface area (Å²) < 4.78 is 7.69. The number of aromatic nitrogens is 2. The van der Waals surface area contributed by atoms with Gasteiger partial charge in [0.05, 0.1) is 25.0 Å². The molecule has 31 heavy (non-hydrogen) atoms. The number of amides is 1. The largest absolute Gasteiger partial charge is 0.494 e. The molecular weight excluding hydrogens is 388 g/mol. The molecule has 6 nitrogen and oxygen atoms in total. The average Bonchev–Trinajstić information content (AvgIpc) is 3.52. The number of fused-ring (bicyclic) bond motifs is 1. The van der Waals surface area contributed by atoms with Crippen molar-refractivity contribution in [3.05, 3.63) is 41.2 Å². The van der Waals surface area contributed by atoms with Gasteiger partial charge < -0.3 is 9.64 Å². The molecule has 0 atom stereocenters. The van der Waals surface area contributed by atoms with Crippen molar-refractivity contribution >= 4 is 5.91 Å². The monoisotopic (exact) mass is 424 g/mol. The van der Waals surface area contributed by atoms with Crippen molar-refractivity contribution in [1.29, 1.82) is 0 Å². The molecule has 1 fully saturated rings. The lowest BCUT2D eigenvalue weighted by molar-refractivity contribution is -0.134. The summed E-state index contributed by atoms with van der Waals surface area (Å²) in [6.07, 6.45) is 3.73. The number of hydrogen-bond acceptors (Lipinski definition) is 4. The van der Waals surface area contributed by atoms with Crippen LogP contribution in [0.5, 0.6) is 5.75 Å². The van der Waals surface area contributed by atoms with Crippen LogP contribution < -0.4 is 4.74 Å². The van der Waals surface area contributed by atoms with Gasteiger partial charge in [0.15, 0.2) is 0 Å². The molecular formula is C25H36N4O2. The van der Waals surface area contributed by atoms with Crippen LogP contribution in [0.2, 0.25) is 0 Å². The number of nitrogens with zero attached hydrogens (tertiary/aromatic N) is 4. The molecule has 2 aliphatic rings. The Bertz CT molecular complexity index is 939. The molecule has 0 N–H and O–H groups in total. The van der Waals surface area contributed by atoms with Crippen molar-refractivity contribution in [1.82, 2.24) is 19.6 Å². The number of carbonyl (C=O) groups excluding carboxylic acids is 1. The summed E-state index contributed by atoms with van der Waals surface area (Å²) in [5.41, 5.74) is 4.53. The fourth-order valence-corrected chi connectivity index (χ4v) is 4.47.